The molecule has 0 radical (unpaired) electrons. The van der Waals surface area contributed by atoms with Crippen LogP contribution in [0.25, 0.3) is 0 Å². The summed E-state index contributed by atoms with van der Waals surface area (Å²) in [6.07, 6.45) is -0.958. The van der Waals surface area contributed by atoms with E-state index in [0.29, 0.717) is 29.8 Å². The maximum absolute atomic E-state index is 13.0. The summed E-state index contributed by atoms with van der Waals surface area (Å²) in [6.45, 7) is 7.32. The lowest BCUT2D eigenvalue weighted by Gasteiger charge is -2.35. The van der Waals surface area contributed by atoms with Crippen molar-refractivity contribution in [1.29, 1.82) is 0 Å². The molecule has 4 rings (SSSR count). The zero-order valence-electron chi connectivity index (χ0n) is 20.2. The lowest BCUT2D eigenvalue weighted by molar-refractivity contribution is -0.141. The van der Waals surface area contributed by atoms with E-state index in [1.807, 2.05) is 0 Å². The van der Waals surface area contributed by atoms with E-state index in [1.54, 1.807) is 48.2 Å². The van der Waals surface area contributed by atoms with Crippen LogP contribution in [0.2, 0.25) is 0 Å². The molecule has 1 saturated heterocycles. The van der Waals surface area contributed by atoms with Gasteiger partial charge in [-0.3, -0.25) is 19.3 Å². The van der Waals surface area contributed by atoms with Gasteiger partial charge >= 0.3 is 5.97 Å². The molecule has 2 heterocycles. The van der Waals surface area contributed by atoms with Gasteiger partial charge in [0.25, 0.3) is 17.7 Å². The lowest BCUT2D eigenvalue weighted by atomic mass is 10.1. The number of nitrogens with zero attached hydrogens (tertiary/aromatic N) is 3. The summed E-state index contributed by atoms with van der Waals surface area (Å²) in [4.78, 5) is 56.3. The summed E-state index contributed by atoms with van der Waals surface area (Å²) < 4.78 is 10.8. The molecule has 1 atom stereocenters. The van der Waals surface area contributed by atoms with Crippen LogP contribution in [0.4, 0.5) is 0 Å². The summed E-state index contributed by atoms with van der Waals surface area (Å²) in [6, 6.07) is 11.4. The number of imide groups is 1. The Kier molecular flexibility index (Phi) is 7.16. The summed E-state index contributed by atoms with van der Waals surface area (Å²) in [7, 11) is 1.43. The topological polar surface area (TPSA) is 96.5 Å². The molecule has 184 valence electrons. The predicted octanol–water partition coefficient (Wildman–Crippen LogP) is 2.20. The van der Waals surface area contributed by atoms with Crippen LogP contribution in [0, 0.1) is 0 Å². The van der Waals surface area contributed by atoms with Crippen molar-refractivity contribution < 1.29 is 28.7 Å². The van der Waals surface area contributed by atoms with Crippen molar-refractivity contribution in [1.82, 2.24) is 14.7 Å². The number of amides is 3. The fraction of sp³-hybridized carbons (Fsp3) is 0.385. The van der Waals surface area contributed by atoms with E-state index in [0.717, 1.165) is 24.5 Å². The third-order valence-electron chi connectivity index (χ3n) is 6.47. The fourth-order valence-corrected chi connectivity index (χ4v) is 4.39. The van der Waals surface area contributed by atoms with Crippen molar-refractivity contribution in [2.45, 2.75) is 26.5 Å². The van der Waals surface area contributed by atoms with Gasteiger partial charge in [0.05, 0.1) is 24.8 Å². The van der Waals surface area contributed by atoms with Gasteiger partial charge in [-0.15, -0.1) is 0 Å². The molecule has 0 aromatic heterocycles. The van der Waals surface area contributed by atoms with Gasteiger partial charge in [-0.25, -0.2) is 4.79 Å². The third kappa shape index (κ3) is 4.90. The van der Waals surface area contributed by atoms with Crippen LogP contribution in [-0.2, 0) is 16.1 Å². The second-order valence-electron chi connectivity index (χ2n) is 8.58. The molecule has 2 aromatic rings. The molecule has 0 spiro atoms. The quantitative estimate of drug-likeness (QED) is 0.444. The van der Waals surface area contributed by atoms with Gasteiger partial charge < -0.3 is 19.3 Å². The Hall–Kier alpha value is -3.72. The monoisotopic (exact) mass is 479 g/mol. The number of methoxy groups -OCH3 is 1. The SMILES string of the molecule is CCN1CCN(C(=O)C(C)OC(=O)c2cc(CN3C(=O)c4ccccc4C3=O)ccc2OC)CC1. The normalized spacial score (nSPS) is 16.8. The maximum Gasteiger partial charge on any atom is 0.342 e. The van der Waals surface area contributed by atoms with Gasteiger partial charge in [-0.05, 0) is 43.3 Å². The number of hydrogen-bond acceptors (Lipinski definition) is 7. The first-order chi connectivity index (χ1) is 16.8. The minimum Gasteiger partial charge on any atom is -0.496 e. The first kappa shape index (κ1) is 24.4. The summed E-state index contributed by atoms with van der Waals surface area (Å²) >= 11 is 0. The van der Waals surface area contributed by atoms with Crippen LogP contribution in [0.1, 0.15) is 50.5 Å². The van der Waals surface area contributed by atoms with E-state index in [-0.39, 0.29) is 35.6 Å². The van der Waals surface area contributed by atoms with Crippen LogP contribution in [-0.4, -0.2) is 84.3 Å². The smallest absolute Gasteiger partial charge is 0.342 e. The Morgan fingerprint density at radius 3 is 2.17 bits per heavy atom. The van der Waals surface area contributed by atoms with Crippen LogP contribution in [0.15, 0.2) is 42.5 Å². The maximum atomic E-state index is 13.0. The number of fused-ring (bicyclic) bond motifs is 1. The van der Waals surface area contributed by atoms with Crippen LogP contribution < -0.4 is 4.74 Å². The number of rotatable bonds is 7. The second-order valence-corrected chi connectivity index (χ2v) is 8.58. The Bertz CT molecular complexity index is 1120. The van der Waals surface area contributed by atoms with Gasteiger partial charge in [0.15, 0.2) is 6.10 Å². The Morgan fingerprint density at radius 2 is 1.60 bits per heavy atom. The Balaban J connectivity index is 1.46. The highest BCUT2D eigenvalue weighted by Gasteiger charge is 2.35. The molecule has 9 heteroatoms. The molecule has 0 N–H and O–H groups in total. The van der Waals surface area contributed by atoms with E-state index >= 15 is 0 Å². The Labute approximate surface area is 204 Å². The van der Waals surface area contributed by atoms with Crippen LogP contribution in [0.5, 0.6) is 5.75 Å². The van der Waals surface area contributed by atoms with Gasteiger partial charge in [0.1, 0.15) is 11.3 Å². The van der Waals surface area contributed by atoms with E-state index in [1.165, 1.54) is 13.2 Å². The number of likely N-dealkylation sites (N-methyl/N-ethyl adjacent to an activating group) is 1. The molecule has 2 aliphatic rings. The largest absolute Gasteiger partial charge is 0.496 e. The molecule has 2 aromatic carbocycles. The van der Waals surface area contributed by atoms with Gasteiger partial charge in [0.2, 0.25) is 0 Å². The minimum atomic E-state index is -0.958. The van der Waals surface area contributed by atoms with Crippen molar-refractivity contribution in [3.8, 4) is 5.75 Å². The summed E-state index contributed by atoms with van der Waals surface area (Å²) in [5, 5.41) is 0. The van der Waals surface area contributed by atoms with E-state index in [4.69, 9.17) is 9.47 Å². The van der Waals surface area contributed by atoms with Crippen LogP contribution in [0.3, 0.4) is 0 Å². The van der Waals surface area contributed by atoms with E-state index < -0.39 is 12.1 Å². The van der Waals surface area contributed by atoms with E-state index in [9.17, 15) is 19.2 Å². The number of carbonyl (C=O) groups is 4. The highest BCUT2D eigenvalue weighted by Crippen LogP contribution is 2.27. The lowest BCUT2D eigenvalue weighted by Crippen LogP contribution is -2.51. The average molecular weight is 480 g/mol. The number of hydrogen-bond donors (Lipinski definition) is 0. The Morgan fingerprint density at radius 1 is 0.971 bits per heavy atom. The molecule has 0 bridgehead atoms. The molecular formula is C26H29N3O6. The van der Waals surface area contributed by atoms with E-state index in [2.05, 4.69) is 11.8 Å². The zero-order chi connectivity index (χ0) is 25.1. The fourth-order valence-electron chi connectivity index (χ4n) is 4.39. The molecule has 35 heavy (non-hydrogen) atoms. The number of piperazine rings is 1. The highest BCUT2D eigenvalue weighted by atomic mass is 16.5. The van der Waals surface area contributed by atoms with Crippen molar-refractivity contribution >= 4 is 23.7 Å². The molecule has 1 fully saturated rings. The molecule has 2 aliphatic heterocycles. The summed E-state index contributed by atoms with van der Waals surface area (Å²) in [5.74, 6) is -1.44. The van der Waals surface area contributed by atoms with Crippen molar-refractivity contribution in [2.75, 3.05) is 39.8 Å². The molecule has 0 saturated carbocycles. The van der Waals surface area contributed by atoms with Crippen molar-refractivity contribution in [3.05, 3.63) is 64.7 Å². The molecule has 3 amide bonds. The molecular weight excluding hydrogens is 450 g/mol. The average Bonchev–Trinajstić information content (AvgIpc) is 3.13. The standard InChI is InChI=1S/C26H29N3O6/c1-4-27-11-13-28(14-12-27)23(30)17(2)35-26(33)21-15-18(9-10-22(21)34-3)16-29-24(31)19-7-5-6-8-20(19)25(29)32/h5-10,15,17H,4,11-14,16H2,1-3H3. The first-order valence-corrected chi connectivity index (χ1v) is 11.7. The zero-order valence-corrected chi connectivity index (χ0v) is 20.2. The van der Waals surface area contributed by atoms with Crippen molar-refractivity contribution in [3.63, 3.8) is 0 Å². The predicted molar refractivity (Wildman–Crippen MR) is 127 cm³/mol. The minimum absolute atomic E-state index is 0.00713. The second kappa shape index (κ2) is 10.3. The number of benzene rings is 2. The summed E-state index contributed by atoms with van der Waals surface area (Å²) in [5.41, 5.74) is 1.40. The van der Waals surface area contributed by atoms with Gasteiger partial charge in [0, 0.05) is 26.2 Å². The first-order valence-electron chi connectivity index (χ1n) is 11.7. The third-order valence-corrected chi connectivity index (χ3v) is 6.47. The molecule has 0 aliphatic carbocycles. The number of esters is 1. The highest BCUT2D eigenvalue weighted by molar-refractivity contribution is 6.21. The van der Waals surface area contributed by atoms with Gasteiger partial charge in [-0.1, -0.05) is 25.1 Å². The van der Waals surface area contributed by atoms with Crippen molar-refractivity contribution in [2.24, 2.45) is 0 Å². The number of carbonyl (C=O) groups excluding carboxylic acids is 4. The van der Waals surface area contributed by atoms with Crippen LogP contribution >= 0.6 is 0 Å². The number of ether oxygens (including phenoxy) is 2. The van der Waals surface area contributed by atoms with Gasteiger partial charge in [-0.2, -0.15) is 0 Å². The molecule has 9 nitrogen and oxygen atoms in total. The molecule has 1 unspecified atom stereocenters.